The Morgan fingerprint density at radius 1 is 1.22 bits per heavy atom. The zero-order valence-corrected chi connectivity index (χ0v) is 18.4. The SMILES string of the molecule is Cc1cc(Nc2nc(N[C@@H]3CCC[C@@H]3N)nnc2C(N)=O)cc2cn(C3(C)CCC3)nc12. The molecule has 1 amide bonds. The van der Waals surface area contributed by atoms with Crippen LogP contribution in [-0.2, 0) is 5.54 Å². The second-order valence-electron chi connectivity index (χ2n) is 9.32. The van der Waals surface area contributed by atoms with Crippen molar-refractivity contribution in [1.29, 1.82) is 0 Å². The number of nitrogens with two attached hydrogens (primary N) is 2. The molecule has 3 aromatic rings. The summed E-state index contributed by atoms with van der Waals surface area (Å²) in [6, 6.07) is 4.11. The van der Waals surface area contributed by atoms with Gasteiger partial charge in [-0.05, 0) is 70.1 Å². The smallest absolute Gasteiger partial charge is 0.273 e. The molecule has 2 aromatic heterocycles. The Kier molecular flexibility index (Phi) is 4.96. The van der Waals surface area contributed by atoms with Gasteiger partial charge in [0.25, 0.3) is 5.91 Å². The van der Waals surface area contributed by atoms with Crippen LogP contribution in [0.2, 0.25) is 0 Å². The van der Waals surface area contributed by atoms with E-state index in [2.05, 4.69) is 43.6 Å². The molecule has 2 heterocycles. The van der Waals surface area contributed by atoms with Crippen molar-refractivity contribution >= 4 is 34.3 Å². The van der Waals surface area contributed by atoms with Gasteiger partial charge in [0.15, 0.2) is 11.5 Å². The lowest BCUT2D eigenvalue weighted by Gasteiger charge is -2.38. The van der Waals surface area contributed by atoms with Crippen LogP contribution in [0.1, 0.15) is 61.5 Å². The molecule has 32 heavy (non-hydrogen) atoms. The van der Waals surface area contributed by atoms with Gasteiger partial charge in [-0.25, -0.2) is 0 Å². The van der Waals surface area contributed by atoms with E-state index in [0.717, 1.165) is 54.3 Å². The van der Waals surface area contributed by atoms with E-state index in [4.69, 9.17) is 16.6 Å². The molecule has 0 saturated heterocycles. The number of aromatic nitrogens is 5. The quantitative estimate of drug-likeness (QED) is 0.461. The summed E-state index contributed by atoms with van der Waals surface area (Å²) < 4.78 is 2.09. The third-order valence-electron chi connectivity index (χ3n) is 6.85. The van der Waals surface area contributed by atoms with Gasteiger partial charge in [-0.2, -0.15) is 10.1 Å². The molecule has 10 nitrogen and oxygen atoms in total. The number of benzene rings is 1. The maximum Gasteiger partial charge on any atom is 0.273 e. The van der Waals surface area contributed by atoms with Gasteiger partial charge in [-0.3, -0.25) is 9.48 Å². The second kappa shape index (κ2) is 7.70. The van der Waals surface area contributed by atoms with Gasteiger partial charge in [-0.15, -0.1) is 10.2 Å². The Balaban J connectivity index is 1.46. The Hall–Kier alpha value is -3.27. The van der Waals surface area contributed by atoms with Crippen molar-refractivity contribution in [3.8, 4) is 0 Å². The number of aryl methyl sites for hydroxylation is 1. The summed E-state index contributed by atoms with van der Waals surface area (Å²) in [5.41, 5.74) is 14.5. The number of hydrogen-bond acceptors (Lipinski definition) is 8. The molecule has 10 heteroatoms. The lowest BCUT2D eigenvalue weighted by atomic mass is 9.79. The van der Waals surface area contributed by atoms with Crippen LogP contribution in [0.25, 0.3) is 10.9 Å². The number of carbonyl (C=O) groups excluding carboxylic acids is 1. The predicted molar refractivity (Wildman–Crippen MR) is 123 cm³/mol. The Labute approximate surface area is 186 Å². The summed E-state index contributed by atoms with van der Waals surface area (Å²) in [5.74, 6) is -0.109. The predicted octanol–water partition coefficient (Wildman–Crippen LogP) is 2.56. The molecular formula is C22H29N9O. The number of carbonyl (C=O) groups is 1. The van der Waals surface area contributed by atoms with Gasteiger partial charge in [0.1, 0.15) is 0 Å². The molecule has 5 rings (SSSR count). The summed E-state index contributed by atoms with van der Waals surface area (Å²) in [7, 11) is 0. The van der Waals surface area contributed by atoms with Crippen LogP contribution in [0, 0.1) is 6.92 Å². The molecule has 0 aliphatic heterocycles. The number of rotatable bonds is 6. The van der Waals surface area contributed by atoms with Crippen LogP contribution in [0.4, 0.5) is 17.5 Å². The highest BCUT2D eigenvalue weighted by Crippen LogP contribution is 2.39. The minimum Gasteiger partial charge on any atom is -0.364 e. The van der Waals surface area contributed by atoms with E-state index in [1.165, 1.54) is 6.42 Å². The maximum absolute atomic E-state index is 11.9. The number of primary amides is 1. The van der Waals surface area contributed by atoms with Gasteiger partial charge in [0.05, 0.1) is 11.1 Å². The van der Waals surface area contributed by atoms with Crippen molar-refractivity contribution in [3.63, 3.8) is 0 Å². The van der Waals surface area contributed by atoms with E-state index < -0.39 is 5.91 Å². The van der Waals surface area contributed by atoms with Gasteiger partial charge >= 0.3 is 0 Å². The van der Waals surface area contributed by atoms with E-state index in [0.29, 0.717) is 5.95 Å². The van der Waals surface area contributed by atoms with Crippen molar-refractivity contribution in [1.82, 2.24) is 25.0 Å². The molecule has 2 fully saturated rings. The summed E-state index contributed by atoms with van der Waals surface area (Å²) in [5, 5.41) is 20.4. The number of hydrogen-bond donors (Lipinski definition) is 4. The molecule has 0 unspecified atom stereocenters. The largest absolute Gasteiger partial charge is 0.364 e. The molecule has 2 atom stereocenters. The molecule has 0 radical (unpaired) electrons. The van der Waals surface area contributed by atoms with Crippen LogP contribution >= 0.6 is 0 Å². The van der Waals surface area contributed by atoms with E-state index >= 15 is 0 Å². The normalized spacial score (nSPS) is 22.0. The number of nitrogens with one attached hydrogen (secondary N) is 2. The van der Waals surface area contributed by atoms with Crippen LogP contribution in [0.15, 0.2) is 18.3 Å². The zero-order valence-electron chi connectivity index (χ0n) is 18.4. The van der Waals surface area contributed by atoms with E-state index in [1.54, 1.807) is 0 Å². The second-order valence-corrected chi connectivity index (χ2v) is 9.32. The third-order valence-corrected chi connectivity index (χ3v) is 6.85. The Morgan fingerprint density at radius 2 is 2.03 bits per heavy atom. The summed E-state index contributed by atoms with van der Waals surface area (Å²) >= 11 is 0. The molecule has 6 N–H and O–H groups in total. The highest BCUT2D eigenvalue weighted by molar-refractivity contribution is 5.96. The van der Waals surface area contributed by atoms with Crippen molar-refractivity contribution in [2.45, 2.75) is 70.0 Å². The van der Waals surface area contributed by atoms with E-state index in [-0.39, 0.29) is 29.1 Å². The topological polar surface area (TPSA) is 150 Å². The van der Waals surface area contributed by atoms with Crippen molar-refractivity contribution < 1.29 is 4.79 Å². The fraction of sp³-hybridized carbons (Fsp3) is 0.500. The number of amides is 1. The average molecular weight is 436 g/mol. The van der Waals surface area contributed by atoms with Crippen LogP contribution in [-0.4, -0.2) is 43.0 Å². The Morgan fingerprint density at radius 3 is 2.69 bits per heavy atom. The minimum absolute atomic E-state index is 0.0123. The van der Waals surface area contributed by atoms with Gasteiger partial charge in [0.2, 0.25) is 5.95 Å². The van der Waals surface area contributed by atoms with Crippen LogP contribution in [0.3, 0.4) is 0 Å². The molecule has 0 bridgehead atoms. The van der Waals surface area contributed by atoms with Gasteiger partial charge in [0, 0.05) is 29.4 Å². The van der Waals surface area contributed by atoms with Crippen LogP contribution in [0.5, 0.6) is 0 Å². The fourth-order valence-corrected chi connectivity index (χ4v) is 4.69. The molecule has 1 aromatic carbocycles. The van der Waals surface area contributed by atoms with E-state index in [1.807, 2.05) is 19.1 Å². The molecule has 2 saturated carbocycles. The molecular weight excluding hydrogens is 406 g/mol. The molecule has 2 aliphatic rings. The Bertz CT molecular complexity index is 1180. The first-order chi connectivity index (χ1) is 15.3. The first-order valence-corrected chi connectivity index (χ1v) is 11.2. The third kappa shape index (κ3) is 3.64. The summed E-state index contributed by atoms with van der Waals surface area (Å²) in [4.78, 5) is 16.4. The molecule has 168 valence electrons. The summed E-state index contributed by atoms with van der Waals surface area (Å²) in [6.07, 6.45) is 8.57. The molecule has 2 aliphatic carbocycles. The monoisotopic (exact) mass is 435 g/mol. The first-order valence-electron chi connectivity index (χ1n) is 11.2. The van der Waals surface area contributed by atoms with Crippen molar-refractivity contribution in [3.05, 3.63) is 29.6 Å². The van der Waals surface area contributed by atoms with Crippen molar-refractivity contribution in [2.75, 3.05) is 10.6 Å². The highest BCUT2D eigenvalue weighted by atomic mass is 16.1. The number of nitrogens with zero attached hydrogens (tertiary/aromatic N) is 5. The molecule has 0 spiro atoms. The minimum atomic E-state index is -0.694. The van der Waals surface area contributed by atoms with Gasteiger partial charge in [-0.1, -0.05) is 0 Å². The van der Waals surface area contributed by atoms with E-state index in [9.17, 15) is 4.79 Å². The first kappa shape index (κ1) is 20.6. The van der Waals surface area contributed by atoms with Crippen molar-refractivity contribution in [2.24, 2.45) is 11.5 Å². The lowest BCUT2D eigenvalue weighted by molar-refractivity contribution is 0.0995. The highest BCUT2D eigenvalue weighted by Gasteiger charge is 2.34. The zero-order chi connectivity index (χ0) is 22.5. The number of fused-ring (bicyclic) bond motifs is 1. The lowest BCUT2D eigenvalue weighted by Crippen LogP contribution is -2.37. The summed E-state index contributed by atoms with van der Waals surface area (Å²) in [6.45, 7) is 4.27. The standard InChI is InChI=1S/C22H29N9O/c1-12-9-14(10-13-11-31(30-17(12)13)22(2)7-4-8-22)25-20-18(19(24)32)28-29-21(27-20)26-16-6-3-5-15(16)23/h9-11,15-16H,3-8,23H2,1-2H3,(H2,24,32)(H2,25,26,27,29)/t15-,16+/m0/s1. The fourth-order valence-electron chi connectivity index (χ4n) is 4.69. The van der Waals surface area contributed by atoms with Gasteiger partial charge < -0.3 is 22.1 Å². The average Bonchev–Trinajstić information content (AvgIpc) is 3.33. The maximum atomic E-state index is 11.9. The van der Waals surface area contributed by atoms with Crippen LogP contribution < -0.4 is 22.1 Å². The number of anilines is 3.